The van der Waals surface area contributed by atoms with Crippen molar-refractivity contribution in [3.05, 3.63) is 55.5 Å². The van der Waals surface area contributed by atoms with Crippen molar-refractivity contribution in [1.82, 2.24) is 0 Å². The molecular formula is C16H16Br2O2. The van der Waals surface area contributed by atoms with Crippen LogP contribution in [0.2, 0.25) is 0 Å². The summed E-state index contributed by atoms with van der Waals surface area (Å²) in [7, 11) is 0. The predicted molar refractivity (Wildman–Crippen MR) is 88.6 cm³/mol. The second kappa shape index (κ2) is 6.39. The van der Waals surface area contributed by atoms with Crippen LogP contribution in [0.15, 0.2) is 33.2 Å². The maximum absolute atomic E-state index is 9.65. The molecule has 0 fully saturated rings. The van der Waals surface area contributed by atoms with Crippen LogP contribution >= 0.6 is 31.9 Å². The minimum atomic E-state index is -0.0318. The number of halogens is 2. The van der Waals surface area contributed by atoms with Gasteiger partial charge >= 0.3 is 0 Å². The molecule has 106 valence electrons. The highest BCUT2D eigenvalue weighted by Gasteiger charge is 2.16. The van der Waals surface area contributed by atoms with Gasteiger partial charge < -0.3 is 10.2 Å². The molecule has 0 aliphatic carbocycles. The first kappa shape index (κ1) is 15.7. The topological polar surface area (TPSA) is 40.5 Å². The normalized spacial score (nSPS) is 10.9. The number of rotatable bonds is 3. The van der Waals surface area contributed by atoms with Crippen LogP contribution in [-0.4, -0.2) is 10.2 Å². The van der Waals surface area contributed by atoms with E-state index in [4.69, 9.17) is 0 Å². The average molecular weight is 400 g/mol. The SMILES string of the molecule is Cc1cc(Br)cc(CO)c1-c1c(C)cc(Br)cc1CO. The van der Waals surface area contributed by atoms with Crippen molar-refractivity contribution in [3.8, 4) is 11.1 Å². The van der Waals surface area contributed by atoms with E-state index in [-0.39, 0.29) is 13.2 Å². The fourth-order valence-corrected chi connectivity index (χ4v) is 3.83. The molecule has 0 aromatic heterocycles. The van der Waals surface area contributed by atoms with Gasteiger partial charge in [0.1, 0.15) is 0 Å². The molecule has 0 aliphatic heterocycles. The van der Waals surface area contributed by atoms with Crippen LogP contribution in [0.3, 0.4) is 0 Å². The van der Waals surface area contributed by atoms with Crippen LogP contribution in [0.25, 0.3) is 11.1 Å². The van der Waals surface area contributed by atoms with Crippen molar-refractivity contribution >= 4 is 31.9 Å². The standard InChI is InChI=1S/C16H16Br2O2/c1-9-3-13(17)5-11(7-19)15(9)16-10(2)4-14(18)6-12(16)8-20/h3-6,19-20H,7-8H2,1-2H3. The number of aryl methyl sites for hydroxylation is 2. The first-order valence-electron chi connectivity index (χ1n) is 6.28. The molecule has 0 saturated heterocycles. The van der Waals surface area contributed by atoms with Crippen molar-refractivity contribution < 1.29 is 10.2 Å². The van der Waals surface area contributed by atoms with Crippen LogP contribution in [0, 0.1) is 13.8 Å². The van der Waals surface area contributed by atoms with Gasteiger partial charge in [0.2, 0.25) is 0 Å². The summed E-state index contributed by atoms with van der Waals surface area (Å²) in [6, 6.07) is 7.89. The molecule has 20 heavy (non-hydrogen) atoms. The van der Waals surface area contributed by atoms with Gasteiger partial charge in [-0.05, 0) is 71.5 Å². The Kier molecular flexibility index (Phi) is 5.02. The molecule has 0 bridgehead atoms. The lowest BCUT2D eigenvalue weighted by atomic mass is 9.89. The Bertz CT molecular complexity index is 594. The Morgan fingerprint density at radius 3 is 1.40 bits per heavy atom. The van der Waals surface area contributed by atoms with Crippen molar-refractivity contribution in [3.63, 3.8) is 0 Å². The van der Waals surface area contributed by atoms with Gasteiger partial charge in [-0.15, -0.1) is 0 Å². The Balaban J connectivity index is 2.81. The van der Waals surface area contributed by atoms with Crippen LogP contribution in [0.4, 0.5) is 0 Å². The van der Waals surface area contributed by atoms with Crippen molar-refractivity contribution in [2.75, 3.05) is 0 Å². The van der Waals surface area contributed by atoms with Crippen LogP contribution in [0.5, 0.6) is 0 Å². The van der Waals surface area contributed by atoms with E-state index in [1.807, 2.05) is 38.1 Å². The first-order chi connectivity index (χ1) is 9.47. The molecule has 0 atom stereocenters. The summed E-state index contributed by atoms with van der Waals surface area (Å²) in [4.78, 5) is 0. The highest BCUT2D eigenvalue weighted by Crippen LogP contribution is 2.36. The maximum atomic E-state index is 9.65. The van der Waals surface area contributed by atoms with Crippen molar-refractivity contribution in [2.24, 2.45) is 0 Å². The molecule has 0 radical (unpaired) electrons. The molecule has 4 heteroatoms. The minimum Gasteiger partial charge on any atom is -0.392 e. The van der Waals surface area contributed by atoms with E-state index in [1.165, 1.54) is 0 Å². The number of hydrogen-bond donors (Lipinski definition) is 2. The lowest BCUT2D eigenvalue weighted by molar-refractivity contribution is 0.280. The molecule has 0 amide bonds. The quantitative estimate of drug-likeness (QED) is 0.798. The van der Waals surface area contributed by atoms with E-state index < -0.39 is 0 Å². The molecule has 0 saturated carbocycles. The molecule has 2 aromatic carbocycles. The van der Waals surface area contributed by atoms with E-state index in [0.717, 1.165) is 42.3 Å². The molecule has 2 N–H and O–H groups in total. The summed E-state index contributed by atoms with van der Waals surface area (Å²) in [5.41, 5.74) is 5.87. The summed E-state index contributed by atoms with van der Waals surface area (Å²) in [5.74, 6) is 0. The van der Waals surface area contributed by atoms with Gasteiger partial charge in [0.25, 0.3) is 0 Å². The van der Waals surface area contributed by atoms with E-state index in [9.17, 15) is 10.2 Å². The highest BCUT2D eigenvalue weighted by molar-refractivity contribution is 9.10. The number of hydrogen-bond acceptors (Lipinski definition) is 2. The second-order valence-corrected chi connectivity index (χ2v) is 6.66. The van der Waals surface area contributed by atoms with Crippen LogP contribution in [-0.2, 0) is 13.2 Å². The van der Waals surface area contributed by atoms with Gasteiger partial charge in [-0.1, -0.05) is 31.9 Å². The Labute approximate surface area is 135 Å². The lowest BCUT2D eigenvalue weighted by Gasteiger charge is -2.18. The Morgan fingerprint density at radius 2 is 1.10 bits per heavy atom. The van der Waals surface area contributed by atoms with Gasteiger partial charge in [-0.2, -0.15) is 0 Å². The van der Waals surface area contributed by atoms with Gasteiger partial charge in [-0.3, -0.25) is 0 Å². The molecule has 0 spiro atoms. The summed E-state index contributed by atoms with van der Waals surface area (Å²) >= 11 is 6.92. The first-order valence-corrected chi connectivity index (χ1v) is 7.86. The van der Waals surface area contributed by atoms with Gasteiger partial charge in [0, 0.05) is 8.95 Å². The smallest absolute Gasteiger partial charge is 0.0688 e. The molecular weight excluding hydrogens is 384 g/mol. The second-order valence-electron chi connectivity index (χ2n) is 4.83. The minimum absolute atomic E-state index is 0.0318. The van der Waals surface area contributed by atoms with Crippen LogP contribution in [0.1, 0.15) is 22.3 Å². The summed E-state index contributed by atoms with van der Waals surface area (Å²) < 4.78 is 1.89. The van der Waals surface area contributed by atoms with Gasteiger partial charge in [0.05, 0.1) is 13.2 Å². The average Bonchev–Trinajstić information content (AvgIpc) is 2.38. The molecule has 2 rings (SSSR count). The van der Waals surface area contributed by atoms with Gasteiger partial charge in [-0.25, -0.2) is 0 Å². The third kappa shape index (κ3) is 2.98. The summed E-state index contributed by atoms with van der Waals surface area (Å²) in [6.45, 7) is 3.97. The van der Waals surface area contributed by atoms with Crippen LogP contribution < -0.4 is 0 Å². The van der Waals surface area contributed by atoms with E-state index in [1.54, 1.807) is 0 Å². The molecule has 0 unspecified atom stereocenters. The zero-order valence-electron chi connectivity index (χ0n) is 11.4. The molecule has 2 nitrogen and oxygen atoms in total. The van der Waals surface area contributed by atoms with Crippen molar-refractivity contribution in [2.45, 2.75) is 27.1 Å². The zero-order chi connectivity index (χ0) is 14.9. The number of aliphatic hydroxyl groups excluding tert-OH is 2. The maximum Gasteiger partial charge on any atom is 0.0688 e. The van der Waals surface area contributed by atoms with Crippen molar-refractivity contribution in [1.29, 1.82) is 0 Å². The van der Waals surface area contributed by atoms with E-state index in [0.29, 0.717) is 0 Å². The van der Waals surface area contributed by atoms with E-state index >= 15 is 0 Å². The monoisotopic (exact) mass is 398 g/mol. The van der Waals surface area contributed by atoms with Gasteiger partial charge in [0.15, 0.2) is 0 Å². The Morgan fingerprint density at radius 1 is 0.750 bits per heavy atom. The Hall–Kier alpha value is -0.680. The molecule has 0 aliphatic rings. The fourth-order valence-electron chi connectivity index (χ4n) is 2.59. The largest absolute Gasteiger partial charge is 0.392 e. The summed E-state index contributed by atoms with van der Waals surface area (Å²) in [5, 5.41) is 19.3. The molecule has 2 aromatic rings. The highest BCUT2D eigenvalue weighted by atomic mass is 79.9. The summed E-state index contributed by atoms with van der Waals surface area (Å²) in [6.07, 6.45) is 0. The lowest BCUT2D eigenvalue weighted by Crippen LogP contribution is -2.00. The zero-order valence-corrected chi connectivity index (χ0v) is 14.5. The molecule has 0 heterocycles. The third-order valence-corrected chi connectivity index (χ3v) is 4.27. The third-order valence-electron chi connectivity index (χ3n) is 3.35. The number of benzene rings is 2. The number of aliphatic hydroxyl groups is 2. The van der Waals surface area contributed by atoms with E-state index in [2.05, 4.69) is 31.9 Å². The fraction of sp³-hybridized carbons (Fsp3) is 0.250. The predicted octanol–water partition coefficient (Wildman–Crippen LogP) is 4.48.